The zero-order chi connectivity index (χ0) is 21.1. The Labute approximate surface area is 170 Å². The van der Waals surface area contributed by atoms with E-state index in [-0.39, 0.29) is 17.7 Å². The highest BCUT2D eigenvalue weighted by atomic mass is 16.1. The lowest BCUT2D eigenvalue weighted by Gasteiger charge is -2.11. The van der Waals surface area contributed by atoms with Gasteiger partial charge < -0.3 is 10.2 Å². The number of benzene rings is 1. The summed E-state index contributed by atoms with van der Waals surface area (Å²) in [5.74, 6) is -0.136. The highest BCUT2D eigenvalue weighted by Crippen LogP contribution is 2.27. The minimum absolute atomic E-state index is 0.0288. The number of likely N-dealkylation sites (N-methyl/N-ethyl adjacent to an activating group) is 1. The maximum atomic E-state index is 12.3. The summed E-state index contributed by atoms with van der Waals surface area (Å²) in [5, 5.41) is 8.05. The van der Waals surface area contributed by atoms with Crippen molar-refractivity contribution >= 4 is 22.7 Å². The topological polar surface area (TPSA) is 80.1 Å². The molecule has 0 unspecified atom stereocenters. The fraction of sp³-hybridized carbons (Fsp3) is 0.364. The van der Waals surface area contributed by atoms with Gasteiger partial charge in [0.15, 0.2) is 11.4 Å². The monoisotopic (exact) mass is 393 g/mol. The highest BCUT2D eigenvalue weighted by molar-refractivity contribution is 6.06. The minimum atomic E-state index is -0.107. The molecule has 3 aromatic rings. The number of carbonyl (C=O) groups excluding carboxylic acids is 2. The lowest BCUT2D eigenvalue weighted by atomic mass is 10.0. The van der Waals surface area contributed by atoms with Crippen molar-refractivity contribution in [1.82, 2.24) is 25.0 Å². The Morgan fingerprint density at radius 3 is 2.45 bits per heavy atom. The molecule has 7 heteroatoms. The summed E-state index contributed by atoms with van der Waals surface area (Å²) >= 11 is 0. The minimum Gasteiger partial charge on any atom is -0.351 e. The van der Waals surface area contributed by atoms with Gasteiger partial charge in [-0.1, -0.05) is 12.1 Å². The third kappa shape index (κ3) is 4.51. The zero-order valence-electron chi connectivity index (χ0n) is 17.6. The van der Waals surface area contributed by atoms with Crippen molar-refractivity contribution in [2.24, 2.45) is 0 Å². The van der Waals surface area contributed by atoms with Crippen LogP contribution in [0.1, 0.15) is 47.5 Å². The number of nitrogens with zero attached hydrogens (tertiary/aromatic N) is 4. The second kappa shape index (κ2) is 8.53. The number of Topliss-reactive ketones (excluding diaryl/α,β-unsaturated/α-hetero) is 1. The molecule has 7 nitrogen and oxygen atoms in total. The summed E-state index contributed by atoms with van der Waals surface area (Å²) in [7, 11) is 3.93. The number of rotatable bonds is 7. The zero-order valence-corrected chi connectivity index (χ0v) is 17.6. The molecule has 0 aliphatic heterocycles. The molecule has 0 atom stereocenters. The molecule has 0 saturated heterocycles. The van der Waals surface area contributed by atoms with Crippen molar-refractivity contribution in [2.75, 3.05) is 27.2 Å². The van der Waals surface area contributed by atoms with Crippen molar-refractivity contribution in [3.63, 3.8) is 0 Å². The number of hydrogen-bond donors (Lipinski definition) is 1. The third-order valence-electron chi connectivity index (χ3n) is 4.72. The number of aromatic nitrogens is 3. The molecule has 0 radical (unpaired) electrons. The van der Waals surface area contributed by atoms with Crippen LogP contribution in [0.4, 0.5) is 0 Å². The maximum absolute atomic E-state index is 12.3. The Kier molecular flexibility index (Phi) is 6.08. The van der Waals surface area contributed by atoms with Crippen LogP contribution in [0.15, 0.2) is 36.5 Å². The van der Waals surface area contributed by atoms with E-state index in [1.807, 2.05) is 49.7 Å². The second-order valence-electron chi connectivity index (χ2n) is 7.67. The van der Waals surface area contributed by atoms with Crippen LogP contribution in [-0.2, 0) is 0 Å². The van der Waals surface area contributed by atoms with Gasteiger partial charge in [-0.3, -0.25) is 9.59 Å². The van der Waals surface area contributed by atoms with Crippen molar-refractivity contribution in [3.05, 3.63) is 47.7 Å². The predicted molar refractivity (Wildman–Crippen MR) is 114 cm³/mol. The first-order valence-electron chi connectivity index (χ1n) is 9.70. The normalized spacial score (nSPS) is 11.4. The van der Waals surface area contributed by atoms with Gasteiger partial charge in [-0.25, -0.2) is 9.67 Å². The Morgan fingerprint density at radius 2 is 1.86 bits per heavy atom. The van der Waals surface area contributed by atoms with Crippen LogP contribution in [0, 0.1) is 0 Å². The first-order valence-corrected chi connectivity index (χ1v) is 9.70. The van der Waals surface area contributed by atoms with Crippen molar-refractivity contribution in [1.29, 1.82) is 0 Å². The van der Waals surface area contributed by atoms with Crippen LogP contribution in [-0.4, -0.2) is 58.5 Å². The molecule has 152 valence electrons. The van der Waals surface area contributed by atoms with Crippen LogP contribution in [0.2, 0.25) is 0 Å². The number of fused-ring (bicyclic) bond motifs is 1. The lowest BCUT2D eigenvalue weighted by molar-refractivity contribution is 0.0950. The van der Waals surface area contributed by atoms with Crippen LogP contribution >= 0.6 is 0 Å². The molecule has 0 bridgehead atoms. The summed E-state index contributed by atoms with van der Waals surface area (Å²) in [6, 6.07) is 9.19. The molecule has 2 heterocycles. The maximum Gasteiger partial charge on any atom is 0.251 e. The van der Waals surface area contributed by atoms with Crippen molar-refractivity contribution < 1.29 is 9.59 Å². The van der Waals surface area contributed by atoms with Gasteiger partial charge >= 0.3 is 0 Å². The SMILES string of the molecule is CC(=O)c1cc(-c2ccc(C(=O)NCCN(C)C)cc2)nc2c1cnn2C(C)C. The van der Waals surface area contributed by atoms with Crippen LogP contribution < -0.4 is 5.32 Å². The Bertz CT molecular complexity index is 1040. The van der Waals surface area contributed by atoms with Gasteiger partial charge in [0.1, 0.15) is 0 Å². The molecule has 0 aliphatic carbocycles. The Balaban J connectivity index is 1.93. The average Bonchev–Trinajstić information content (AvgIpc) is 3.11. The van der Waals surface area contributed by atoms with E-state index in [4.69, 9.17) is 4.98 Å². The number of amides is 1. The molecular formula is C22H27N5O2. The Morgan fingerprint density at radius 1 is 1.17 bits per heavy atom. The first kappa shape index (κ1) is 20.7. The highest BCUT2D eigenvalue weighted by Gasteiger charge is 2.16. The van der Waals surface area contributed by atoms with E-state index in [1.165, 1.54) is 0 Å². The van der Waals surface area contributed by atoms with Gasteiger partial charge in [-0.15, -0.1) is 0 Å². The van der Waals surface area contributed by atoms with E-state index >= 15 is 0 Å². The number of carbonyl (C=O) groups is 2. The summed E-state index contributed by atoms with van der Waals surface area (Å²) in [4.78, 5) is 31.2. The van der Waals surface area contributed by atoms with Gasteiger partial charge in [-0.05, 0) is 53.1 Å². The van der Waals surface area contributed by atoms with Crippen molar-refractivity contribution in [3.8, 4) is 11.3 Å². The predicted octanol–water partition coefficient (Wildman–Crippen LogP) is 3.17. The third-order valence-corrected chi connectivity index (χ3v) is 4.72. The van der Waals surface area contributed by atoms with E-state index in [2.05, 4.69) is 10.4 Å². The molecule has 1 N–H and O–H groups in total. The van der Waals surface area contributed by atoms with E-state index in [0.29, 0.717) is 29.0 Å². The lowest BCUT2D eigenvalue weighted by Crippen LogP contribution is -2.31. The molecule has 0 aliphatic rings. The largest absolute Gasteiger partial charge is 0.351 e. The van der Waals surface area contributed by atoms with Crippen LogP contribution in [0.25, 0.3) is 22.3 Å². The Hall–Kier alpha value is -3.06. The quantitative estimate of drug-likeness (QED) is 0.624. The number of pyridine rings is 1. The molecule has 0 saturated carbocycles. The van der Waals surface area contributed by atoms with Crippen LogP contribution in [0.5, 0.6) is 0 Å². The molecule has 3 rings (SSSR count). The molecule has 0 spiro atoms. The fourth-order valence-corrected chi connectivity index (χ4v) is 3.12. The molecule has 2 aromatic heterocycles. The van der Waals surface area contributed by atoms with E-state index in [0.717, 1.165) is 17.5 Å². The van der Waals surface area contributed by atoms with E-state index in [1.54, 1.807) is 31.3 Å². The number of hydrogen-bond acceptors (Lipinski definition) is 5. The van der Waals surface area contributed by atoms with E-state index in [9.17, 15) is 9.59 Å². The fourth-order valence-electron chi connectivity index (χ4n) is 3.12. The summed E-state index contributed by atoms with van der Waals surface area (Å²) < 4.78 is 1.82. The number of ketones is 1. The molecule has 29 heavy (non-hydrogen) atoms. The van der Waals surface area contributed by atoms with E-state index < -0.39 is 0 Å². The second-order valence-corrected chi connectivity index (χ2v) is 7.67. The molecule has 1 aromatic carbocycles. The van der Waals surface area contributed by atoms with Gasteiger partial charge in [0.25, 0.3) is 5.91 Å². The summed E-state index contributed by atoms with van der Waals surface area (Å²) in [6.07, 6.45) is 1.70. The van der Waals surface area contributed by atoms with Crippen LogP contribution in [0.3, 0.4) is 0 Å². The smallest absolute Gasteiger partial charge is 0.251 e. The first-order chi connectivity index (χ1) is 13.8. The number of nitrogens with one attached hydrogen (secondary N) is 1. The van der Waals surface area contributed by atoms with Gasteiger partial charge in [-0.2, -0.15) is 5.10 Å². The van der Waals surface area contributed by atoms with Gasteiger partial charge in [0, 0.05) is 41.2 Å². The van der Waals surface area contributed by atoms with Crippen molar-refractivity contribution in [2.45, 2.75) is 26.8 Å². The molecular weight excluding hydrogens is 366 g/mol. The standard InChI is InChI=1S/C22H27N5O2/c1-14(2)27-21-19(13-24-27)18(15(3)28)12-20(25-21)16-6-8-17(9-7-16)22(29)23-10-11-26(4)5/h6-9,12-14H,10-11H2,1-5H3,(H,23,29). The van der Waals surface area contributed by atoms with Gasteiger partial charge in [0.2, 0.25) is 0 Å². The molecule has 0 fully saturated rings. The van der Waals surface area contributed by atoms with Gasteiger partial charge in [0.05, 0.1) is 11.9 Å². The average molecular weight is 393 g/mol. The summed E-state index contributed by atoms with van der Waals surface area (Å²) in [6.45, 7) is 6.97. The molecule has 1 amide bonds. The summed E-state index contributed by atoms with van der Waals surface area (Å²) in [5.41, 5.74) is 3.41.